The van der Waals surface area contributed by atoms with E-state index in [1.54, 1.807) is 12.1 Å². The third-order valence-electron chi connectivity index (χ3n) is 2.73. The van der Waals surface area contributed by atoms with Crippen molar-refractivity contribution < 1.29 is 4.79 Å². The second-order valence-electron chi connectivity index (χ2n) is 4.20. The topological polar surface area (TPSA) is 41.1 Å². The van der Waals surface area contributed by atoms with Gasteiger partial charge in [-0.1, -0.05) is 41.9 Å². The van der Waals surface area contributed by atoms with E-state index in [9.17, 15) is 4.79 Å². The Labute approximate surface area is 117 Å². The number of anilines is 2. The number of carbonyl (C=O) groups is 1. The van der Waals surface area contributed by atoms with Gasteiger partial charge < -0.3 is 10.6 Å². The summed E-state index contributed by atoms with van der Waals surface area (Å²) in [7, 11) is 0. The molecule has 3 nitrogen and oxygen atoms in total. The van der Waals surface area contributed by atoms with Crippen molar-refractivity contribution in [2.24, 2.45) is 0 Å². The molecule has 2 aromatic carbocycles. The highest BCUT2D eigenvalue weighted by atomic mass is 35.5. The van der Waals surface area contributed by atoms with Crippen LogP contribution in [0.1, 0.15) is 5.56 Å². The number of aryl methyl sites for hydroxylation is 1. The molecule has 0 aliphatic rings. The number of para-hydroxylation sites is 2. The summed E-state index contributed by atoms with van der Waals surface area (Å²) in [6.07, 6.45) is 0. The summed E-state index contributed by atoms with van der Waals surface area (Å²) in [5.41, 5.74) is 2.69. The van der Waals surface area contributed by atoms with Crippen LogP contribution >= 0.6 is 11.6 Å². The molecule has 1 amide bonds. The molecule has 0 saturated carbocycles. The molecule has 0 spiro atoms. The third-order valence-corrected chi connectivity index (χ3v) is 3.06. The Morgan fingerprint density at radius 1 is 1.05 bits per heavy atom. The van der Waals surface area contributed by atoms with Crippen LogP contribution in [0.4, 0.5) is 11.4 Å². The molecule has 98 valence electrons. The lowest BCUT2D eigenvalue weighted by molar-refractivity contribution is -0.114. The van der Waals surface area contributed by atoms with Crippen LogP contribution in [0.25, 0.3) is 0 Å². The zero-order valence-electron chi connectivity index (χ0n) is 10.6. The fraction of sp³-hybridized carbons (Fsp3) is 0.133. The van der Waals surface area contributed by atoms with E-state index in [1.165, 1.54) is 0 Å². The monoisotopic (exact) mass is 274 g/mol. The van der Waals surface area contributed by atoms with Crippen LogP contribution in [0.5, 0.6) is 0 Å². The molecule has 2 aromatic rings. The van der Waals surface area contributed by atoms with E-state index in [0.717, 1.165) is 11.3 Å². The molecule has 2 rings (SSSR count). The van der Waals surface area contributed by atoms with Crippen LogP contribution in [0.3, 0.4) is 0 Å². The van der Waals surface area contributed by atoms with Crippen LogP contribution < -0.4 is 10.6 Å². The minimum absolute atomic E-state index is 0.128. The molecular weight excluding hydrogens is 260 g/mol. The summed E-state index contributed by atoms with van der Waals surface area (Å²) in [5, 5.41) is 6.40. The first-order chi connectivity index (χ1) is 9.16. The maximum Gasteiger partial charge on any atom is 0.243 e. The largest absolute Gasteiger partial charge is 0.376 e. The fourth-order valence-corrected chi connectivity index (χ4v) is 1.89. The fourth-order valence-electron chi connectivity index (χ4n) is 1.70. The predicted molar refractivity (Wildman–Crippen MR) is 79.8 cm³/mol. The smallest absolute Gasteiger partial charge is 0.243 e. The Hall–Kier alpha value is -2.00. The zero-order valence-corrected chi connectivity index (χ0v) is 11.4. The molecule has 0 aromatic heterocycles. The normalized spacial score (nSPS) is 10.0. The van der Waals surface area contributed by atoms with Gasteiger partial charge in [-0.05, 0) is 30.7 Å². The van der Waals surface area contributed by atoms with Gasteiger partial charge >= 0.3 is 0 Å². The maximum absolute atomic E-state index is 11.8. The van der Waals surface area contributed by atoms with Crippen molar-refractivity contribution in [2.75, 3.05) is 17.2 Å². The first-order valence-electron chi connectivity index (χ1n) is 6.00. The summed E-state index contributed by atoms with van der Waals surface area (Å²) in [6, 6.07) is 15.0. The van der Waals surface area contributed by atoms with Gasteiger partial charge in [0, 0.05) is 5.69 Å². The maximum atomic E-state index is 11.8. The molecular formula is C15H15ClN2O. The molecule has 0 fully saturated rings. The van der Waals surface area contributed by atoms with E-state index < -0.39 is 0 Å². The standard InChI is InChI=1S/C15H15ClN2O/c1-11-6-2-4-8-13(11)17-10-15(19)18-14-9-5-3-7-12(14)16/h2-9,17H,10H2,1H3,(H,18,19). The van der Waals surface area contributed by atoms with Gasteiger partial charge in [0.05, 0.1) is 17.3 Å². The van der Waals surface area contributed by atoms with E-state index in [4.69, 9.17) is 11.6 Å². The quantitative estimate of drug-likeness (QED) is 0.893. The molecule has 0 heterocycles. The molecule has 0 saturated heterocycles. The number of benzene rings is 2. The Kier molecular flexibility index (Phi) is 4.42. The number of hydrogen-bond acceptors (Lipinski definition) is 2. The van der Waals surface area contributed by atoms with Crippen molar-refractivity contribution in [3.63, 3.8) is 0 Å². The second-order valence-corrected chi connectivity index (χ2v) is 4.60. The van der Waals surface area contributed by atoms with Crippen molar-refractivity contribution in [2.45, 2.75) is 6.92 Å². The van der Waals surface area contributed by atoms with Crippen LogP contribution in [-0.2, 0) is 4.79 Å². The highest BCUT2D eigenvalue weighted by Gasteiger charge is 2.05. The second kappa shape index (κ2) is 6.25. The van der Waals surface area contributed by atoms with E-state index in [-0.39, 0.29) is 12.5 Å². The Balaban J connectivity index is 1.92. The molecule has 0 unspecified atom stereocenters. The van der Waals surface area contributed by atoms with Gasteiger partial charge in [-0.25, -0.2) is 0 Å². The van der Waals surface area contributed by atoms with Crippen molar-refractivity contribution in [3.05, 3.63) is 59.1 Å². The summed E-state index contributed by atoms with van der Waals surface area (Å²) >= 11 is 5.98. The van der Waals surface area contributed by atoms with E-state index >= 15 is 0 Å². The molecule has 2 N–H and O–H groups in total. The first kappa shape index (κ1) is 13.4. The highest BCUT2D eigenvalue weighted by molar-refractivity contribution is 6.33. The SMILES string of the molecule is Cc1ccccc1NCC(=O)Nc1ccccc1Cl. The summed E-state index contributed by atoms with van der Waals surface area (Å²) in [6.45, 7) is 2.20. The first-order valence-corrected chi connectivity index (χ1v) is 6.38. The lowest BCUT2D eigenvalue weighted by Gasteiger charge is -2.10. The molecule has 0 aliphatic heterocycles. The predicted octanol–water partition coefficient (Wildman–Crippen LogP) is 3.70. The van der Waals surface area contributed by atoms with Crippen LogP contribution in [0.15, 0.2) is 48.5 Å². The Morgan fingerprint density at radius 2 is 1.68 bits per heavy atom. The molecule has 0 atom stereocenters. The van der Waals surface area contributed by atoms with Crippen LogP contribution in [-0.4, -0.2) is 12.5 Å². The third kappa shape index (κ3) is 3.73. The average Bonchev–Trinajstić information content (AvgIpc) is 2.40. The van der Waals surface area contributed by atoms with Gasteiger partial charge in [0.25, 0.3) is 0 Å². The number of amides is 1. The number of rotatable bonds is 4. The highest BCUT2D eigenvalue weighted by Crippen LogP contribution is 2.20. The van der Waals surface area contributed by atoms with E-state index in [2.05, 4.69) is 10.6 Å². The van der Waals surface area contributed by atoms with Crippen molar-refractivity contribution >= 4 is 28.9 Å². The average molecular weight is 275 g/mol. The van der Waals surface area contributed by atoms with E-state index in [1.807, 2.05) is 43.3 Å². The number of hydrogen-bond donors (Lipinski definition) is 2. The van der Waals surface area contributed by atoms with Gasteiger partial charge in [-0.2, -0.15) is 0 Å². The minimum atomic E-state index is -0.128. The molecule has 0 bridgehead atoms. The molecule has 4 heteroatoms. The lowest BCUT2D eigenvalue weighted by Crippen LogP contribution is -2.22. The van der Waals surface area contributed by atoms with Crippen LogP contribution in [0.2, 0.25) is 5.02 Å². The van der Waals surface area contributed by atoms with Gasteiger partial charge in [0.15, 0.2) is 0 Å². The van der Waals surface area contributed by atoms with Crippen molar-refractivity contribution in [1.82, 2.24) is 0 Å². The van der Waals surface area contributed by atoms with Gasteiger partial charge in [-0.3, -0.25) is 4.79 Å². The Bertz CT molecular complexity index is 584. The van der Waals surface area contributed by atoms with Gasteiger partial charge in [0.2, 0.25) is 5.91 Å². The summed E-state index contributed by atoms with van der Waals surface area (Å²) in [5.74, 6) is -0.128. The zero-order chi connectivity index (χ0) is 13.7. The van der Waals surface area contributed by atoms with Gasteiger partial charge in [-0.15, -0.1) is 0 Å². The summed E-state index contributed by atoms with van der Waals surface area (Å²) < 4.78 is 0. The van der Waals surface area contributed by atoms with Crippen LogP contribution in [0, 0.1) is 6.92 Å². The summed E-state index contributed by atoms with van der Waals surface area (Å²) in [4.78, 5) is 11.8. The Morgan fingerprint density at radius 3 is 2.37 bits per heavy atom. The van der Waals surface area contributed by atoms with Crippen molar-refractivity contribution in [1.29, 1.82) is 0 Å². The number of carbonyl (C=O) groups excluding carboxylic acids is 1. The number of nitrogens with one attached hydrogen (secondary N) is 2. The van der Waals surface area contributed by atoms with E-state index in [0.29, 0.717) is 10.7 Å². The number of halogens is 1. The lowest BCUT2D eigenvalue weighted by atomic mass is 10.2. The minimum Gasteiger partial charge on any atom is -0.376 e. The molecule has 0 aliphatic carbocycles. The molecule has 0 radical (unpaired) electrons. The van der Waals surface area contributed by atoms with Crippen molar-refractivity contribution in [3.8, 4) is 0 Å². The van der Waals surface area contributed by atoms with Gasteiger partial charge in [0.1, 0.15) is 0 Å². The molecule has 19 heavy (non-hydrogen) atoms.